The quantitative estimate of drug-likeness (QED) is 0.588. The molecule has 0 saturated heterocycles. The molecule has 0 saturated carbocycles. The standard InChI is InChI=1S/C19H19N5O2S/c1-4-9-24-13-8-6-5-7-12(13)21-19(24)22-16(25)15-11(2)14-17(27-15)20-10-23(3)18(14)26/h5-8,10H,4,9H2,1-3H3,(H,21,22,25). The van der Waals surface area contributed by atoms with E-state index in [1.807, 2.05) is 28.8 Å². The average molecular weight is 381 g/mol. The Morgan fingerprint density at radius 1 is 1.30 bits per heavy atom. The Kier molecular flexibility index (Phi) is 4.27. The summed E-state index contributed by atoms with van der Waals surface area (Å²) in [5.41, 5.74) is 2.33. The van der Waals surface area contributed by atoms with Gasteiger partial charge in [-0.1, -0.05) is 19.1 Å². The third-order valence-corrected chi connectivity index (χ3v) is 5.74. The molecule has 0 unspecified atom stereocenters. The van der Waals surface area contributed by atoms with Crippen molar-refractivity contribution in [1.82, 2.24) is 19.1 Å². The number of thiophene rings is 1. The maximum atomic E-state index is 12.9. The zero-order valence-electron chi connectivity index (χ0n) is 15.3. The van der Waals surface area contributed by atoms with Gasteiger partial charge in [0.05, 0.1) is 27.6 Å². The molecular weight excluding hydrogens is 362 g/mol. The Morgan fingerprint density at radius 3 is 2.85 bits per heavy atom. The molecule has 0 aliphatic carbocycles. The Bertz CT molecular complexity index is 1230. The van der Waals surface area contributed by atoms with Crippen molar-refractivity contribution in [3.8, 4) is 0 Å². The number of carbonyl (C=O) groups excluding carboxylic acids is 1. The molecule has 1 aromatic carbocycles. The highest BCUT2D eigenvalue weighted by Gasteiger charge is 2.21. The van der Waals surface area contributed by atoms with Gasteiger partial charge in [0.2, 0.25) is 5.95 Å². The molecule has 0 radical (unpaired) electrons. The smallest absolute Gasteiger partial charge is 0.268 e. The van der Waals surface area contributed by atoms with Crippen molar-refractivity contribution >= 4 is 44.4 Å². The second-order valence-corrected chi connectivity index (χ2v) is 7.43. The van der Waals surface area contributed by atoms with Crippen LogP contribution in [0.1, 0.15) is 28.6 Å². The topological polar surface area (TPSA) is 81.8 Å². The number of anilines is 1. The van der Waals surface area contributed by atoms with E-state index in [4.69, 9.17) is 0 Å². The normalized spacial score (nSPS) is 11.4. The molecule has 0 fully saturated rings. The number of amides is 1. The van der Waals surface area contributed by atoms with Crippen LogP contribution in [0.5, 0.6) is 0 Å². The molecule has 0 bridgehead atoms. The molecule has 7 nitrogen and oxygen atoms in total. The highest BCUT2D eigenvalue weighted by molar-refractivity contribution is 7.20. The van der Waals surface area contributed by atoms with Gasteiger partial charge in [0.1, 0.15) is 4.83 Å². The number of rotatable bonds is 4. The molecule has 4 rings (SSSR count). The van der Waals surface area contributed by atoms with Crippen LogP contribution < -0.4 is 10.9 Å². The number of aromatic nitrogens is 4. The lowest BCUT2D eigenvalue weighted by molar-refractivity contribution is 0.102. The van der Waals surface area contributed by atoms with E-state index in [1.165, 1.54) is 22.2 Å². The Morgan fingerprint density at radius 2 is 2.07 bits per heavy atom. The summed E-state index contributed by atoms with van der Waals surface area (Å²) < 4.78 is 3.43. The molecule has 0 aliphatic heterocycles. The summed E-state index contributed by atoms with van der Waals surface area (Å²) in [6.07, 6.45) is 2.40. The maximum Gasteiger partial charge on any atom is 0.268 e. The number of aryl methyl sites for hydroxylation is 3. The molecule has 3 aromatic heterocycles. The fourth-order valence-corrected chi connectivity index (χ4v) is 4.24. The van der Waals surface area contributed by atoms with Gasteiger partial charge < -0.3 is 9.13 Å². The third-order valence-electron chi connectivity index (χ3n) is 4.54. The number of para-hydroxylation sites is 2. The first-order valence-electron chi connectivity index (χ1n) is 8.72. The van der Waals surface area contributed by atoms with Crippen LogP contribution >= 0.6 is 11.3 Å². The number of benzene rings is 1. The van der Waals surface area contributed by atoms with E-state index in [-0.39, 0.29) is 11.5 Å². The maximum absolute atomic E-state index is 12.9. The van der Waals surface area contributed by atoms with Gasteiger partial charge in [0.15, 0.2) is 0 Å². The molecule has 0 aliphatic rings. The van der Waals surface area contributed by atoms with Crippen LogP contribution in [0.3, 0.4) is 0 Å². The van der Waals surface area contributed by atoms with E-state index in [0.717, 1.165) is 24.0 Å². The van der Waals surface area contributed by atoms with Gasteiger partial charge >= 0.3 is 0 Å². The fraction of sp³-hybridized carbons (Fsp3) is 0.263. The first-order chi connectivity index (χ1) is 13.0. The number of hydrogen-bond acceptors (Lipinski definition) is 5. The minimum atomic E-state index is -0.273. The molecule has 8 heteroatoms. The van der Waals surface area contributed by atoms with Gasteiger partial charge in [0.25, 0.3) is 11.5 Å². The van der Waals surface area contributed by atoms with Crippen molar-refractivity contribution in [2.45, 2.75) is 26.8 Å². The number of carbonyl (C=O) groups is 1. The van der Waals surface area contributed by atoms with Crippen molar-refractivity contribution in [1.29, 1.82) is 0 Å². The van der Waals surface area contributed by atoms with Crippen molar-refractivity contribution < 1.29 is 4.79 Å². The van der Waals surface area contributed by atoms with Crippen molar-refractivity contribution in [2.75, 3.05) is 5.32 Å². The van der Waals surface area contributed by atoms with Gasteiger partial charge in [0, 0.05) is 13.6 Å². The van der Waals surface area contributed by atoms with E-state index in [2.05, 4.69) is 22.2 Å². The summed E-state index contributed by atoms with van der Waals surface area (Å²) >= 11 is 1.23. The molecule has 1 amide bonds. The number of imidazole rings is 1. The summed E-state index contributed by atoms with van der Waals surface area (Å²) in [5, 5.41) is 3.42. The Hall–Kier alpha value is -3.00. The molecular formula is C19H19N5O2S. The van der Waals surface area contributed by atoms with Crippen LogP contribution in [-0.2, 0) is 13.6 Å². The fourth-order valence-electron chi connectivity index (χ4n) is 3.20. The lowest BCUT2D eigenvalue weighted by atomic mass is 10.2. The summed E-state index contributed by atoms with van der Waals surface area (Å²) in [4.78, 5) is 35.2. The molecule has 0 atom stereocenters. The summed E-state index contributed by atoms with van der Waals surface area (Å²) in [6.45, 7) is 4.62. The van der Waals surface area contributed by atoms with Crippen LogP contribution in [0.4, 0.5) is 5.95 Å². The van der Waals surface area contributed by atoms with E-state index in [0.29, 0.717) is 26.6 Å². The number of nitrogens with one attached hydrogen (secondary N) is 1. The second kappa shape index (κ2) is 6.62. The first kappa shape index (κ1) is 17.4. The Balaban J connectivity index is 1.77. The monoisotopic (exact) mass is 381 g/mol. The zero-order valence-corrected chi connectivity index (χ0v) is 16.1. The van der Waals surface area contributed by atoms with Crippen LogP contribution in [0.2, 0.25) is 0 Å². The van der Waals surface area contributed by atoms with Gasteiger partial charge in [-0.2, -0.15) is 0 Å². The minimum absolute atomic E-state index is 0.147. The first-order valence-corrected chi connectivity index (χ1v) is 9.54. The van der Waals surface area contributed by atoms with E-state index in [9.17, 15) is 9.59 Å². The predicted molar refractivity (Wildman–Crippen MR) is 108 cm³/mol. The van der Waals surface area contributed by atoms with Crippen LogP contribution in [0.25, 0.3) is 21.3 Å². The van der Waals surface area contributed by atoms with E-state index in [1.54, 1.807) is 14.0 Å². The lowest BCUT2D eigenvalue weighted by Crippen LogP contribution is -2.18. The second-order valence-electron chi connectivity index (χ2n) is 6.43. The largest absolute Gasteiger partial charge is 0.310 e. The molecule has 0 spiro atoms. The lowest BCUT2D eigenvalue weighted by Gasteiger charge is -2.08. The Labute approximate surface area is 159 Å². The number of hydrogen-bond donors (Lipinski definition) is 1. The number of nitrogens with zero attached hydrogens (tertiary/aromatic N) is 4. The SMILES string of the molecule is CCCn1c(NC(=O)c2sc3ncn(C)c(=O)c3c2C)nc2ccccc21. The zero-order chi connectivity index (χ0) is 19.1. The third kappa shape index (κ3) is 2.82. The van der Waals surface area contributed by atoms with Crippen LogP contribution in [0, 0.1) is 6.92 Å². The summed E-state index contributed by atoms with van der Waals surface area (Å²) in [6, 6.07) is 7.80. The molecule has 27 heavy (non-hydrogen) atoms. The van der Waals surface area contributed by atoms with Crippen molar-refractivity contribution in [3.05, 3.63) is 51.4 Å². The molecule has 1 N–H and O–H groups in total. The summed E-state index contributed by atoms with van der Waals surface area (Å²) in [5.74, 6) is 0.242. The van der Waals surface area contributed by atoms with Crippen molar-refractivity contribution in [2.24, 2.45) is 7.05 Å². The predicted octanol–water partition coefficient (Wildman–Crippen LogP) is 3.32. The molecule has 138 valence electrons. The highest BCUT2D eigenvalue weighted by Crippen LogP contribution is 2.28. The minimum Gasteiger partial charge on any atom is -0.310 e. The average Bonchev–Trinajstić information content (AvgIpc) is 3.17. The van der Waals surface area contributed by atoms with Gasteiger partial charge in [-0.25, -0.2) is 9.97 Å². The summed E-state index contributed by atoms with van der Waals surface area (Å²) in [7, 11) is 1.65. The van der Waals surface area contributed by atoms with Gasteiger partial charge in [-0.05, 0) is 31.0 Å². The van der Waals surface area contributed by atoms with Gasteiger partial charge in [-0.3, -0.25) is 14.9 Å². The highest BCUT2D eigenvalue weighted by atomic mass is 32.1. The van der Waals surface area contributed by atoms with E-state index >= 15 is 0 Å². The molecule has 3 heterocycles. The van der Waals surface area contributed by atoms with Crippen LogP contribution in [0.15, 0.2) is 35.4 Å². The van der Waals surface area contributed by atoms with Crippen LogP contribution in [-0.4, -0.2) is 25.0 Å². The number of fused-ring (bicyclic) bond motifs is 2. The molecule has 4 aromatic rings. The van der Waals surface area contributed by atoms with Gasteiger partial charge in [-0.15, -0.1) is 11.3 Å². The van der Waals surface area contributed by atoms with Crippen molar-refractivity contribution in [3.63, 3.8) is 0 Å². The van der Waals surface area contributed by atoms with E-state index < -0.39 is 0 Å².